The maximum atomic E-state index is 9.45. The van der Waals surface area contributed by atoms with Crippen molar-refractivity contribution in [1.29, 1.82) is 0 Å². The minimum atomic E-state index is 0.275. The summed E-state index contributed by atoms with van der Waals surface area (Å²) in [5.74, 6) is 2.13. The topological polar surface area (TPSA) is 41.9 Å². The molecule has 0 aliphatic carbocycles. The molecule has 0 amide bonds. The second-order valence-corrected chi connectivity index (χ2v) is 6.58. The van der Waals surface area contributed by atoms with Crippen LogP contribution in [0.1, 0.15) is 30.5 Å². The first-order chi connectivity index (χ1) is 11.6. The van der Waals surface area contributed by atoms with Gasteiger partial charge in [0.25, 0.3) is 0 Å². The molecule has 0 saturated heterocycles. The van der Waals surface area contributed by atoms with Gasteiger partial charge in [-0.2, -0.15) is 0 Å². The van der Waals surface area contributed by atoms with Crippen molar-refractivity contribution in [2.24, 2.45) is 0 Å². The van der Waals surface area contributed by atoms with Gasteiger partial charge < -0.3 is 14.6 Å². The first kappa shape index (κ1) is 15.1. The van der Waals surface area contributed by atoms with Crippen LogP contribution in [-0.4, -0.2) is 29.4 Å². The van der Waals surface area contributed by atoms with Gasteiger partial charge in [0.2, 0.25) is 0 Å². The maximum absolute atomic E-state index is 9.45. The fourth-order valence-electron chi connectivity index (χ4n) is 3.15. The molecule has 0 saturated carbocycles. The molecule has 4 rings (SSSR count). The van der Waals surface area contributed by atoms with Crippen LogP contribution in [0.15, 0.2) is 36.4 Å². The summed E-state index contributed by atoms with van der Waals surface area (Å²) in [7, 11) is 0. The van der Waals surface area contributed by atoms with Crippen LogP contribution in [0.25, 0.3) is 11.6 Å². The van der Waals surface area contributed by atoms with Gasteiger partial charge >= 0.3 is 0 Å². The largest absolute Gasteiger partial charge is 0.508 e. The molecule has 4 heteroatoms. The van der Waals surface area contributed by atoms with E-state index in [0.29, 0.717) is 19.4 Å². The highest BCUT2D eigenvalue weighted by Crippen LogP contribution is 2.40. The van der Waals surface area contributed by atoms with Crippen molar-refractivity contribution in [2.45, 2.75) is 26.4 Å². The number of phenols is 1. The Morgan fingerprint density at radius 2 is 1.83 bits per heavy atom. The number of phenolic OH excluding ortho intramolecular Hbond substituents is 1. The second kappa shape index (κ2) is 5.87. The number of aromatic hydroxyl groups is 1. The SMILES string of the molecule is CC(C)N1COc2ccc3c(c2C1)OCC(c1ccc(O)cc1)=C3. The Morgan fingerprint density at radius 3 is 2.58 bits per heavy atom. The third-order valence-electron chi connectivity index (χ3n) is 4.67. The van der Waals surface area contributed by atoms with Crippen molar-refractivity contribution >= 4 is 11.6 Å². The van der Waals surface area contributed by atoms with Crippen LogP contribution in [0, 0.1) is 0 Å². The number of hydrogen-bond acceptors (Lipinski definition) is 4. The van der Waals surface area contributed by atoms with E-state index in [1.165, 1.54) is 0 Å². The summed E-state index contributed by atoms with van der Waals surface area (Å²) in [5, 5.41) is 9.45. The number of nitrogens with zero attached hydrogens (tertiary/aromatic N) is 1. The fourth-order valence-corrected chi connectivity index (χ4v) is 3.15. The molecular formula is C20H21NO3. The van der Waals surface area contributed by atoms with E-state index in [9.17, 15) is 5.11 Å². The highest BCUT2D eigenvalue weighted by atomic mass is 16.5. The van der Waals surface area contributed by atoms with Crippen molar-refractivity contribution in [2.75, 3.05) is 13.3 Å². The summed E-state index contributed by atoms with van der Waals surface area (Å²) in [5.41, 5.74) is 4.39. The molecule has 0 atom stereocenters. The number of fused-ring (bicyclic) bond motifs is 3. The van der Waals surface area contributed by atoms with Gasteiger partial charge in [-0.1, -0.05) is 12.1 Å². The average Bonchev–Trinajstić information content (AvgIpc) is 2.61. The van der Waals surface area contributed by atoms with E-state index in [1.54, 1.807) is 12.1 Å². The quantitative estimate of drug-likeness (QED) is 0.910. The zero-order valence-electron chi connectivity index (χ0n) is 14.0. The van der Waals surface area contributed by atoms with E-state index < -0.39 is 0 Å². The number of benzene rings is 2. The summed E-state index contributed by atoms with van der Waals surface area (Å²) in [6.07, 6.45) is 2.17. The van der Waals surface area contributed by atoms with Crippen molar-refractivity contribution < 1.29 is 14.6 Å². The van der Waals surface area contributed by atoms with E-state index in [0.717, 1.165) is 40.3 Å². The molecule has 0 radical (unpaired) electrons. The summed E-state index contributed by atoms with van der Waals surface area (Å²) in [4.78, 5) is 2.28. The molecule has 2 aromatic carbocycles. The molecule has 2 aliphatic heterocycles. The van der Waals surface area contributed by atoms with Gasteiger partial charge in [-0.3, -0.25) is 4.90 Å². The predicted octanol–water partition coefficient (Wildman–Crippen LogP) is 3.89. The average molecular weight is 323 g/mol. The third kappa shape index (κ3) is 2.63. The van der Waals surface area contributed by atoms with Gasteiger partial charge in [-0.15, -0.1) is 0 Å². The number of rotatable bonds is 2. The molecular weight excluding hydrogens is 302 g/mol. The molecule has 0 bridgehead atoms. The Kier molecular flexibility index (Phi) is 3.69. The van der Waals surface area contributed by atoms with Crippen LogP contribution in [0.2, 0.25) is 0 Å². The molecule has 0 spiro atoms. The lowest BCUT2D eigenvalue weighted by atomic mass is 9.98. The molecule has 2 aliphatic rings. The Bertz CT molecular complexity index is 793. The minimum absolute atomic E-state index is 0.275. The van der Waals surface area contributed by atoms with E-state index in [2.05, 4.69) is 30.9 Å². The lowest BCUT2D eigenvalue weighted by Crippen LogP contribution is -2.37. The van der Waals surface area contributed by atoms with Gasteiger partial charge in [-0.25, -0.2) is 0 Å². The van der Waals surface area contributed by atoms with Gasteiger partial charge in [0.1, 0.15) is 30.6 Å². The third-order valence-corrected chi connectivity index (χ3v) is 4.67. The molecule has 0 fully saturated rings. The zero-order valence-corrected chi connectivity index (χ0v) is 14.0. The molecule has 4 nitrogen and oxygen atoms in total. The highest BCUT2D eigenvalue weighted by Gasteiger charge is 2.26. The van der Waals surface area contributed by atoms with Crippen molar-refractivity contribution in [3.05, 3.63) is 53.1 Å². The Labute approximate surface area is 141 Å². The standard InChI is InChI=1S/C20H21NO3/c1-13(2)21-10-18-19(24-12-21)8-5-15-9-16(11-23-20(15)18)14-3-6-17(22)7-4-14/h3-9,13,22H,10-12H2,1-2H3. The zero-order chi connectivity index (χ0) is 16.7. The molecule has 1 N–H and O–H groups in total. The molecule has 0 aromatic heterocycles. The van der Waals surface area contributed by atoms with E-state index >= 15 is 0 Å². The van der Waals surface area contributed by atoms with Gasteiger partial charge in [-0.05, 0) is 55.3 Å². The normalized spacial score (nSPS) is 16.7. The summed E-state index contributed by atoms with van der Waals surface area (Å²) < 4.78 is 12.0. The smallest absolute Gasteiger partial charge is 0.142 e. The van der Waals surface area contributed by atoms with E-state index in [4.69, 9.17) is 9.47 Å². The fraction of sp³-hybridized carbons (Fsp3) is 0.300. The molecule has 2 heterocycles. The lowest BCUT2D eigenvalue weighted by molar-refractivity contribution is 0.0668. The monoisotopic (exact) mass is 323 g/mol. The molecule has 2 aromatic rings. The van der Waals surface area contributed by atoms with Gasteiger partial charge in [0, 0.05) is 18.2 Å². The maximum Gasteiger partial charge on any atom is 0.142 e. The van der Waals surface area contributed by atoms with Crippen molar-refractivity contribution in [3.8, 4) is 17.2 Å². The summed E-state index contributed by atoms with van der Waals surface area (Å²) >= 11 is 0. The minimum Gasteiger partial charge on any atom is -0.508 e. The van der Waals surface area contributed by atoms with Crippen LogP contribution in [0.3, 0.4) is 0 Å². The molecule has 124 valence electrons. The Balaban J connectivity index is 1.70. The van der Waals surface area contributed by atoms with Crippen LogP contribution in [0.4, 0.5) is 0 Å². The van der Waals surface area contributed by atoms with Gasteiger partial charge in [0.05, 0.1) is 5.56 Å². The van der Waals surface area contributed by atoms with Crippen LogP contribution in [0.5, 0.6) is 17.2 Å². The number of hydrogen-bond donors (Lipinski definition) is 1. The first-order valence-electron chi connectivity index (χ1n) is 8.27. The van der Waals surface area contributed by atoms with Crippen molar-refractivity contribution in [1.82, 2.24) is 4.90 Å². The van der Waals surface area contributed by atoms with Crippen LogP contribution >= 0.6 is 0 Å². The predicted molar refractivity (Wildman–Crippen MR) is 94.1 cm³/mol. The van der Waals surface area contributed by atoms with Crippen LogP contribution < -0.4 is 9.47 Å². The number of ether oxygens (including phenoxy) is 2. The molecule has 24 heavy (non-hydrogen) atoms. The Morgan fingerprint density at radius 1 is 1.04 bits per heavy atom. The molecule has 0 unspecified atom stereocenters. The summed E-state index contributed by atoms with van der Waals surface area (Å²) in [6, 6.07) is 11.7. The van der Waals surface area contributed by atoms with E-state index in [1.807, 2.05) is 18.2 Å². The van der Waals surface area contributed by atoms with Crippen molar-refractivity contribution in [3.63, 3.8) is 0 Å². The first-order valence-corrected chi connectivity index (χ1v) is 8.27. The van der Waals surface area contributed by atoms with E-state index in [-0.39, 0.29) is 5.75 Å². The Hall–Kier alpha value is -2.46. The van der Waals surface area contributed by atoms with Crippen LogP contribution in [-0.2, 0) is 6.54 Å². The van der Waals surface area contributed by atoms with Gasteiger partial charge in [0.15, 0.2) is 0 Å². The second-order valence-electron chi connectivity index (χ2n) is 6.58. The lowest BCUT2D eigenvalue weighted by Gasteiger charge is -2.34. The summed E-state index contributed by atoms with van der Waals surface area (Å²) in [6.45, 7) is 6.34. The highest BCUT2D eigenvalue weighted by molar-refractivity contribution is 5.86.